The Bertz CT molecular complexity index is 581. The average Bonchev–Trinajstić information content (AvgIpc) is 2.78. The second kappa shape index (κ2) is 3.86. The summed E-state index contributed by atoms with van der Waals surface area (Å²) in [5.74, 6) is -0.0837. The third kappa shape index (κ3) is 2.23. The van der Waals surface area contributed by atoms with Crippen molar-refractivity contribution in [1.29, 1.82) is 5.26 Å². The molecule has 0 aliphatic carbocycles. The lowest BCUT2D eigenvalue weighted by Crippen LogP contribution is -2.04. The fourth-order valence-corrected chi connectivity index (χ4v) is 1.10. The molecule has 0 saturated carbocycles. The molecule has 0 aliphatic heterocycles. The maximum absolute atomic E-state index is 12.3. The van der Waals surface area contributed by atoms with Crippen LogP contribution < -0.4 is 0 Å². The van der Waals surface area contributed by atoms with E-state index in [1.54, 1.807) is 6.07 Å². The molecule has 2 rings (SSSR count). The molecule has 0 unspecified atom stereocenters. The zero-order valence-electron chi connectivity index (χ0n) is 8.18. The molecular weight excluding hydrogens is 235 g/mol. The van der Waals surface area contributed by atoms with Crippen molar-refractivity contribution in [2.45, 2.75) is 6.18 Å². The molecule has 86 valence electrons. The molecule has 0 saturated heterocycles. The van der Waals surface area contributed by atoms with Crippen LogP contribution in [0, 0.1) is 11.3 Å². The Morgan fingerprint density at radius 3 is 2.71 bits per heavy atom. The number of hydrogen-bond acceptors (Lipinski definition) is 4. The zero-order chi connectivity index (χ0) is 12.5. The van der Waals surface area contributed by atoms with Gasteiger partial charge in [0.05, 0.1) is 11.8 Å². The first-order valence-corrected chi connectivity index (χ1v) is 4.36. The van der Waals surface area contributed by atoms with Crippen molar-refractivity contribution in [3.63, 3.8) is 0 Å². The highest BCUT2D eigenvalue weighted by Gasteiger charge is 2.32. The molecule has 17 heavy (non-hydrogen) atoms. The van der Waals surface area contributed by atoms with Crippen LogP contribution in [-0.4, -0.2) is 19.7 Å². The molecular formula is C9H4F3N5. The Morgan fingerprint density at radius 1 is 1.35 bits per heavy atom. The predicted molar refractivity (Wildman–Crippen MR) is 48.9 cm³/mol. The van der Waals surface area contributed by atoms with Crippen LogP contribution in [0.15, 0.2) is 24.7 Å². The molecule has 0 aromatic carbocycles. The van der Waals surface area contributed by atoms with Crippen LogP contribution in [0.4, 0.5) is 13.2 Å². The minimum absolute atomic E-state index is 0.0547. The Kier molecular flexibility index (Phi) is 2.51. The molecule has 0 N–H and O–H groups in total. The molecule has 2 aromatic heterocycles. The second-order valence-corrected chi connectivity index (χ2v) is 3.03. The molecule has 0 bridgehead atoms. The van der Waals surface area contributed by atoms with Crippen molar-refractivity contribution in [3.05, 3.63) is 35.9 Å². The Hall–Kier alpha value is -2.43. The van der Waals surface area contributed by atoms with E-state index in [0.717, 1.165) is 10.9 Å². The van der Waals surface area contributed by atoms with Crippen molar-refractivity contribution in [2.75, 3.05) is 0 Å². The third-order valence-electron chi connectivity index (χ3n) is 1.87. The lowest BCUT2D eigenvalue weighted by Gasteiger charge is -2.01. The first-order chi connectivity index (χ1) is 8.00. The number of rotatable bonds is 1. The summed E-state index contributed by atoms with van der Waals surface area (Å²) in [6, 6.07) is 3.10. The topological polar surface area (TPSA) is 67.4 Å². The van der Waals surface area contributed by atoms with Gasteiger partial charge in [-0.15, -0.1) is 0 Å². The number of nitrogens with zero attached hydrogens (tertiary/aromatic N) is 5. The van der Waals surface area contributed by atoms with Gasteiger partial charge in [-0.05, 0) is 6.07 Å². The summed E-state index contributed by atoms with van der Waals surface area (Å²) >= 11 is 0. The van der Waals surface area contributed by atoms with Gasteiger partial charge < -0.3 is 0 Å². The first-order valence-electron chi connectivity index (χ1n) is 4.36. The summed E-state index contributed by atoms with van der Waals surface area (Å²) in [6.07, 6.45) is -1.76. The van der Waals surface area contributed by atoms with E-state index in [4.69, 9.17) is 5.26 Å². The molecule has 0 atom stereocenters. The fourth-order valence-electron chi connectivity index (χ4n) is 1.10. The van der Waals surface area contributed by atoms with E-state index in [-0.39, 0.29) is 11.6 Å². The molecule has 0 aliphatic rings. The number of hydrogen-bond donors (Lipinski definition) is 0. The van der Waals surface area contributed by atoms with E-state index in [9.17, 15) is 13.2 Å². The minimum atomic E-state index is -4.47. The van der Waals surface area contributed by atoms with Crippen LogP contribution in [0.3, 0.4) is 0 Å². The maximum atomic E-state index is 12.3. The highest BCUT2D eigenvalue weighted by molar-refractivity contribution is 5.24. The van der Waals surface area contributed by atoms with Crippen LogP contribution in [0.2, 0.25) is 0 Å². The van der Waals surface area contributed by atoms with Gasteiger partial charge in [0.15, 0.2) is 0 Å². The number of alkyl halides is 3. The summed E-state index contributed by atoms with van der Waals surface area (Å²) in [5.41, 5.74) is -0.845. The van der Waals surface area contributed by atoms with E-state index in [1.807, 2.05) is 0 Å². The van der Waals surface area contributed by atoms with Crippen LogP contribution >= 0.6 is 0 Å². The number of nitriles is 1. The molecule has 0 radical (unpaired) electrons. The molecule has 2 aromatic rings. The average molecular weight is 239 g/mol. The van der Waals surface area contributed by atoms with E-state index in [2.05, 4.69) is 15.1 Å². The smallest absolute Gasteiger partial charge is 0.220 e. The molecule has 5 nitrogen and oxygen atoms in total. The summed E-state index contributed by atoms with van der Waals surface area (Å²) in [4.78, 5) is 7.44. The maximum Gasteiger partial charge on any atom is 0.419 e. The predicted octanol–water partition coefficient (Wildman–Crippen LogP) is 1.55. The van der Waals surface area contributed by atoms with Crippen molar-refractivity contribution in [2.24, 2.45) is 0 Å². The molecule has 8 heteroatoms. The number of aromatic nitrogens is 4. The molecule has 0 amide bonds. The van der Waals surface area contributed by atoms with Crippen molar-refractivity contribution in [3.8, 4) is 12.0 Å². The largest absolute Gasteiger partial charge is 0.419 e. The SMILES string of the molecule is N#Cc1ccnc(-n2cc(C(F)(F)F)cn2)n1. The highest BCUT2D eigenvalue weighted by atomic mass is 19.4. The van der Waals surface area contributed by atoms with Crippen LogP contribution in [0.5, 0.6) is 0 Å². The highest BCUT2D eigenvalue weighted by Crippen LogP contribution is 2.28. The van der Waals surface area contributed by atoms with Crippen LogP contribution in [-0.2, 0) is 6.18 Å². The number of halogens is 3. The minimum Gasteiger partial charge on any atom is -0.220 e. The van der Waals surface area contributed by atoms with Crippen LogP contribution in [0.25, 0.3) is 5.95 Å². The summed E-state index contributed by atoms with van der Waals surface area (Å²) < 4.78 is 37.8. The van der Waals surface area contributed by atoms with Crippen LogP contribution in [0.1, 0.15) is 11.3 Å². The Morgan fingerprint density at radius 2 is 2.12 bits per heavy atom. The molecule has 0 fully saturated rings. The first kappa shape index (κ1) is 11.1. The van der Waals surface area contributed by atoms with E-state index in [1.165, 1.54) is 12.3 Å². The van der Waals surface area contributed by atoms with Gasteiger partial charge in [0, 0.05) is 12.4 Å². The van der Waals surface area contributed by atoms with Crippen molar-refractivity contribution >= 4 is 0 Å². The monoisotopic (exact) mass is 239 g/mol. The normalized spacial score (nSPS) is 11.2. The summed E-state index contributed by atoms with van der Waals surface area (Å²) in [7, 11) is 0. The lowest BCUT2D eigenvalue weighted by atomic mass is 10.4. The van der Waals surface area contributed by atoms with Gasteiger partial charge in [-0.25, -0.2) is 14.6 Å². The summed E-state index contributed by atoms with van der Waals surface area (Å²) in [6.45, 7) is 0. The van der Waals surface area contributed by atoms with E-state index < -0.39 is 11.7 Å². The van der Waals surface area contributed by atoms with Gasteiger partial charge in [-0.2, -0.15) is 23.5 Å². The van der Waals surface area contributed by atoms with Gasteiger partial charge in [0.25, 0.3) is 5.95 Å². The second-order valence-electron chi connectivity index (χ2n) is 3.03. The van der Waals surface area contributed by atoms with Gasteiger partial charge in [0.1, 0.15) is 11.8 Å². The lowest BCUT2D eigenvalue weighted by molar-refractivity contribution is -0.137. The van der Waals surface area contributed by atoms with Crippen molar-refractivity contribution < 1.29 is 13.2 Å². The van der Waals surface area contributed by atoms with Gasteiger partial charge in [-0.1, -0.05) is 0 Å². The van der Waals surface area contributed by atoms with Crippen molar-refractivity contribution in [1.82, 2.24) is 19.7 Å². The zero-order valence-corrected chi connectivity index (χ0v) is 8.18. The van der Waals surface area contributed by atoms with E-state index >= 15 is 0 Å². The van der Waals surface area contributed by atoms with E-state index in [0.29, 0.717) is 6.20 Å². The Labute approximate surface area is 93.2 Å². The molecule has 2 heterocycles. The third-order valence-corrected chi connectivity index (χ3v) is 1.87. The molecule has 0 spiro atoms. The standard InChI is InChI=1S/C9H4F3N5/c10-9(11,12)6-4-15-17(5-6)8-14-2-1-7(3-13)16-8/h1-2,4-5H. The summed E-state index contributed by atoms with van der Waals surface area (Å²) in [5, 5.41) is 12.1. The fraction of sp³-hybridized carbons (Fsp3) is 0.111. The van der Waals surface area contributed by atoms with Gasteiger partial charge in [-0.3, -0.25) is 0 Å². The quantitative estimate of drug-likeness (QED) is 0.757. The van der Waals surface area contributed by atoms with Gasteiger partial charge in [0.2, 0.25) is 0 Å². The Balaban J connectivity index is 2.41. The van der Waals surface area contributed by atoms with Gasteiger partial charge >= 0.3 is 6.18 Å².